The van der Waals surface area contributed by atoms with Gasteiger partial charge in [0.15, 0.2) is 11.5 Å². The van der Waals surface area contributed by atoms with E-state index in [1.165, 1.54) is 11.1 Å². The molecule has 0 N–H and O–H groups in total. The van der Waals surface area contributed by atoms with Crippen LogP contribution >= 0.6 is 0 Å². The zero-order valence-corrected chi connectivity index (χ0v) is 27.5. The van der Waals surface area contributed by atoms with Crippen molar-refractivity contribution in [2.75, 3.05) is 0 Å². The summed E-state index contributed by atoms with van der Waals surface area (Å²) < 4.78 is 6.52. The standard InChI is InChI=1S/C45H31N3O/c1-27-28(2)47-44(48-29(27)3)34-14-10-13-32(24-34)30-11-9-12-31(23-30)33-19-21-36-37-22-20-35(46-4)26-41(37)45(40(36)25-33)38-15-5-7-17-42(38)49-43-18-8-6-16-39(43)45/h5-26H,1-3H3. The summed E-state index contributed by atoms with van der Waals surface area (Å²) >= 11 is 0. The Balaban J connectivity index is 1.22. The van der Waals surface area contributed by atoms with E-state index >= 15 is 0 Å². The maximum atomic E-state index is 7.88. The molecule has 1 aromatic heterocycles. The predicted molar refractivity (Wildman–Crippen MR) is 196 cm³/mol. The number of aryl methyl sites for hydroxylation is 2. The molecule has 0 unspecified atom stereocenters. The van der Waals surface area contributed by atoms with Crippen LogP contribution in [0.5, 0.6) is 11.5 Å². The topological polar surface area (TPSA) is 39.4 Å². The van der Waals surface area contributed by atoms with Gasteiger partial charge in [-0.1, -0.05) is 103 Å². The molecule has 0 radical (unpaired) electrons. The Kier molecular flexibility index (Phi) is 6.41. The zero-order chi connectivity index (χ0) is 33.3. The van der Waals surface area contributed by atoms with Crippen LogP contribution in [0, 0.1) is 27.3 Å². The van der Waals surface area contributed by atoms with E-state index in [1.54, 1.807) is 0 Å². The van der Waals surface area contributed by atoms with Crippen molar-refractivity contribution in [3.63, 3.8) is 0 Å². The Labute approximate surface area is 286 Å². The van der Waals surface area contributed by atoms with Crippen LogP contribution < -0.4 is 4.74 Å². The predicted octanol–water partition coefficient (Wildman–Crippen LogP) is 11.4. The molecule has 2 heterocycles. The molecule has 0 fully saturated rings. The third kappa shape index (κ3) is 4.29. The molecule has 0 saturated heterocycles. The molecule has 0 amide bonds. The molecule has 0 atom stereocenters. The smallest absolute Gasteiger partial charge is 0.187 e. The van der Waals surface area contributed by atoms with Gasteiger partial charge in [0, 0.05) is 28.1 Å². The maximum Gasteiger partial charge on any atom is 0.187 e. The lowest BCUT2D eigenvalue weighted by Crippen LogP contribution is -2.32. The molecule has 0 bridgehead atoms. The molecule has 4 heteroatoms. The van der Waals surface area contributed by atoms with Gasteiger partial charge in [-0.3, -0.25) is 0 Å². The van der Waals surface area contributed by atoms with Crippen molar-refractivity contribution in [3.8, 4) is 56.3 Å². The Morgan fingerprint density at radius 3 is 1.63 bits per heavy atom. The van der Waals surface area contributed by atoms with Gasteiger partial charge in [0.25, 0.3) is 0 Å². The minimum absolute atomic E-state index is 0.629. The average Bonchev–Trinajstić information content (AvgIpc) is 3.43. The minimum Gasteiger partial charge on any atom is -0.457 e. The van der Waals surface area contributed by atoms with E-state index < -0.39 is 5.41 Å². The van der Waals surface area contributed by atoms with E-state index in [1.807, 2.05) is 32.0 Å². The number of ether oxygens (including phenoxy) is 1. The van der Waals surface area contributed by atoms with E-state index in [2.05, 4.69) is 127 Å². The van der Waals surface area contributed by atoms with Gasteiger partial charge in [0.05, 0.1) is 12.0 Å². The highest BCUT2D eigenvalue weighted by Crippen LogP contribution is 2.62. The number of hydrogen-bond donors (Lipinski definition) is 0. The van der Waals surface area contributed by atoms with Gasteiger partial charge >= 0.3 is 0 Å². The van der Waals surface area contributed by atoms with Crippen LogP contribution in [0.4, 0.5) is 5.69 Å². The Morgan fingerprint density at radius 1 is 0.510 bits per heavy atom. The number of fused-ring (bicyclic) bond motifs is 9. The summed E-state index contributed by atoms with van der Waals surface area (Å²) in [6, 6.07) is 46.9. The third-order valence-electron chi connectivity index (χ3n) is 10.3. The van der Waals surface area contributed by atoms with E-state index in [4.69, 9.17) is 21.3 Å². The van der Waals surface area contributed by atoms with Crippen molar-refractivity contribution in [2.24, 2.45) is 0 Å². The Morgan fingerprint density at radius 2 is 1.02 bits per heavy atom. The van der Waals surface area contributed by atoms with Crippen LogP contribution in [0.2, 0.25) is 0 Å². The number of hydrogen-bond acceptors (Lipinski definition) is 3. The van der Waals surface area contributed by atoms with Crippen LogP contribution in [0.1, 0.15) is 39.2 Å². The second-order valence-electron chi connectivity index (χ2n) is 13.0. The van der Waals surface area contributed by atoms with Crippen molar-refractivity contribution >= 4 is 5.69 Å². The molecule has 232 valence electrons. The molecular formula is C45H31N3O. The lowest BCUT2D eigenvalue weighted by Gasteiger charge is -2.39. The summed E-state index contributed by atoms with van der Waals surface area (Å²) in [6.45, 7) is 14.0. The Bertz CT molecular complexity index is 2470. The van der Waals surface area contributed by atoms with Crippen molar-refractivity contribution in [3.05, 3.63) is 184 Å². The molecule has 1 spiro atoms. The van der Waals surface area contributed by atoms with E-state index in [-0.39, 0.29) is 0 Å². The van der Waals surface area contributed by atoms with Gasteiger partial charge in [-0.05, 0) is 101 Å². The van der Waals surface area contributed by atoms with Crippen LogP contribution in [0.15, 0.2) is 133 Å². The fourth-order valence-corrected chi connectivity index (χ4v) is 7.75. The van der Waals surface area contributed by atoms with E-state index in [0.29, 0.717) is 5.69 Å². The van der Waals surface area contributed by atoms with E-state index in [0.717, 1.165) is 84.3 Å². The first-order valence-electron chi connectivity index (χ1n) is 16.5. The SMILES string of the molecule is [C-]#[N+]c1ccc2c(c1)C1(c3ccccc3Oc3ccccc31)c1cc(-c3cccc(-c4cccc(-c5nc(C)c(C)c(C)n5)c4)c3)ccc1-2. The van der Waals surface area contributed by atoms with Crippen molar-refractivity contribution in [1.82, 2.24) is 9.97 Å². The summed E-state index contributed by atoms with van der Waals surface area (Å²) in [5.74, 6) is 2.42. The number of nitrogens with zero attached hydrogens (tertiary/aromatic N) is 3. The summed E-state index contributed by atoms with van der Waals surface area (Å²) in [5.41, 5.74) is 15.4. The number of para-hydroxylation sites is 2. The fraction of sp³-hybridized carbons (Fsp3) is 0.0889. The van der Waals surface area contributed by atoms with Crippen LogP contribution in [0.25, 0.3) is 49.6 Å². The summed E-state index contributed by atoms with van der Waals surface area (Å²) in [4.78, 5) is 13.5. The molecule has 2 aliphatic rings. The van der Waals surface area contributed by atoms with Gasteiger partial charge in [-0.25, -0.2) is 14.8 Å². The van der Waals surface area contributed by atoms with Crippen molar-refractivity contribution in [2.45, 2.75) is 26.2 Å². The third-order valence-corrected chi connectivity index (χ3v) is 10.3. The quantitative estimate of drug-likeness (QED) is 0.183. The van der Waals surface area contributed by atoms with Gasteiger partial charge in [0.2, 0.25) is 0 Å². The van der Waals surface area contributed by atoms with Crippen LogP contribution in [-0.4, -0.2) is 9.97 Å². The highest BCUT2D eigenvalue weighted by Gasteiger charge is 2.51. The summed E-state index contributed by atoms with van der Waals surface area (Å²) in [7, 11) is 0. The van der Waals surface area contributed by atoms with Crippen LogP contribution in [0.3, 0.4) is 0 Å². The fourth-order valence-electron chi connectivity index (χ4n) is 7.75. The summed E-state index contributed by atoms with van der Waals surface area (Å²) in [6.07, 6.45) is 0. The molecule has 1 aliphatic carbocycles. The van der Waals surface area contributed by atoms with Gasteiger partial charge < -0.3 is 4.74 Å². The largest absolute Gasteiger partial charge is 0.457 e. The van der Waals surface area contributed by atoms with Crippen molar-refractivity contribution < 1.29 is 4.74 Å². The highest BCUT2D eigenvalue weighted by atomic mass is 16.5. The first-order valence-corrected chi connectivity index (χ1v) is 16.5. The molecule has 49 heavy (non-hydrogen) atoms. The van der Waals surface area contributed by atoms with E-state index in [9.17, 15) is 0 Å². The second kappa shape index (κ2) is 10.9. The Hall–Kier alpha value is -6.31. The molecule has 9 rings (SSSR count). The van der Waals surface area contributed by atoms with Gasteiger partial charge in [-0.15, -0.1) is 0 Å². The molecule has 0 saturated carbocycles. The monoisotopic (exact) mass is 629 g/mol. The molecule has 6 aromatic carbocycles. The maximum absolute atomic E-state index is 7.88. The lowest BCUT2D eigenvalue weighted by atomic mass is 9.66. The van der Waals surface area contributed by atoms with Gasteiger partial charge in [0.1, 0.15) is 11.5 Å². The molecular weight excluding hydrogens is 599 g/mol. The number of aromatic nitrogens is 2. The molecule has 7 aromatic rings. The number of benzene rings is 6. The second-order valence-corrected chi connectivity index (χ2v) is 13.0. The summed E-state index contributed by atoms with van der Waals surface area (Å²) in [5, 5.41) is 0. The molecule has 1 aliphatic heterocycles. The minimum atomic E-state index is -0.636. The first kappa shape index (κ1) is 28.9. The normalized spacial score (nSPS) is 13.1. The van der Waals surface area contributed by atoms with Gasteiger partial charge in [-0.2, -0.15) is 0 Å². The lowest BCUT2D eigenvalue weighted by molar-refractivity contribution is 0.436. The number of rotatable bonds is 3. The molecule has 4 nitrogen and oxygen atoms in total. The first-order chi connectivity index (χ1) is 23.9. The zero-order valence-electron chi connectivity index (χ0n) is 27.5. The average molecular weight is 630 g/mol. The highest BCUT2D eigenvalue weighted by molar-refractivity contribution is 5.91. The van der Waals surface area contributed by atoms with Crippen molar-refractivity contribution in [1.29, 1.82) is 0 Å². The van der Waals surface area contributed by atoms with Crippen LogP contribution in [-0.2, 0) is 5.41 Å².